The first-order valence-corrected chi connectivity index (χ1v) is 6.01. The molecule has 1 aliphatic heterocycles. The van der Waals surface area contributed by atoms with Crippen molar-refractivity contribution in [3.8, 4) is 0 Å². The zero-order chi connectivity index (χ0) is 13.6. The average molecular weight is 255 g/mol. The number of hydrogen-bond acceptors (Lipinski definition) is 3. The summed E-state index contributed by atoms with van der Waals surface area (Å²) >= 11 is 0. The maximum absolute atomic E-state index is 12.1. The van der Waals surface area contributed by atoms with Gasteiger partial charge in [0.1, 0.15) is 5.82 Å². The molecule has 0 aliphatic carbocycles. The van der Waals surface area contributed by atoms with Crippen LogP contribution in [0.2, 0.25) is 0 Å². The third kappa shape index (κ3) is 1.66. The molecule has 0 unspecified atom stereocenters. The number of fused-ring (bicyclic) bond motifs is 1. The van der Waals surface area contributed by atoms with Gasteiger partial charge in [-0.05, 0) is 18.6 Å². The van der Waals surface area contributed by atoms with Gasteiger partial charge in [-0.15, -0.1) is 0 Å². The standard InChI is InChI=1S/C14H13N3O2/c1-9-4-3-5-10-12(9)17(14(19)13(10)18)8-11-15-6-7-16(11)2/h3-7H,8H2,1-2H3. The van der Waals surface area contributed by atoms with E-state index in [-0.39, 0.29) is 0 Å². The van der Waals surface area contributed by atoms with Crippen LogP contribution in [0.3, 0.4) is 0 Å². The summed E-state index contributed by atoms with van der Waals surface area (Å²) in [4.78, 5) is 29.8. The van der Waals surface area contributed by atoms with E-state index in [1.165, 1.54) is 4.90 Å². The Balaban J connectivity index is 2.07. The van der Waals surface area contributed by atoms with Crippen molar-refractivity contribution in [3.63, 3.8) is 0 Å². The first kappa shape index (κ1) is 11.6. The maximum atomic E-state index is 12.1. The Morgan fingerprint density at radius 1 is 1.26 bits per heavy atom. The van der Waals surface area contributed by atoms with Gasteiger partial charge in [0.05, 0.1) is 17.8 Å². The van der Waals surface area contributed by atoms with E-state index in [4.69, 9.17) is 0 Å². The van der Waals surface area contributed by atoms with Gasteiger partial charge in [-0.25, -0.2) is 4.98 Å². The van der Waals surface area contributed by atoms with Gasteiger partial charge in [0.2, 0.25) is 0 Å². The second-order valence-corrected chi connectivity index (χ2v) is 4.65. The molecule has 3 rings (SSSR count). The lowest BCUT2D eigenvalue weighted by Gasteiger charge is -2.17. The van der Waals surface area contributed by atoms with E-state index in [9.17, 15) is 9.59 Å². The number of aryl methyl sites for hydroxylation is 2. The summed E-state index contributed by atoms with van der Waals surface area (Å²) < 4.78 is 1.84. The number of para-hydroxylation sites is 1. The smallest absolute Gasteiger partial charge is 0.299 e. The molecule has 0 fully saturated rings. The highest BCUT2D eigenvalue weighted by atomic mass is 16.2. The number of benzene rings is 1. The van der Waals surface area contributed by atoms with Gasteiger partial charge in [-0.1, -0.05) is 12.1 Å². The highest BCUT2D eigenvalue weighted by Gasteiger charge is 2.37. The van der Waals surface area contributed by atoms with Crippen LogP contribution in [0.4, 0.5) is 5.69 Å². The van der Waals surface area contributed by atoms with E-state index in [0.29, 0.717) is 17.8 Å². The van der Waals surface area contributed by atoms with Crippen molar-refractivity contribution in [2.45, 2.75) is 13.5 Å². The van der Waals surface area contributed by atoms with Crippen LogP contribution in [0, 0.1) is 6.92 Å². The summed E-state index contributed by atoms with van der Waals surface area (Å²) in [6.45, 7) is 2.21. The molecule has 96 valence electrons. The lowest BCUT2D eigenvalue weighted by molar-refractivity contribution is -0.114. The first-order valence-electron chi connectivity index (χ1n) is 6.01. The van der Waals surface area contributed by atoms with E-state index in [2.05, 4.69) is 4.98 Å². The Morgan fingerprint density at radius 2 is 2.05 bits per heavy atom. The first-order chi connectivity index (χ1) is 9.09. The van der Waals surface area contributed by atoms with E-state index in [1.54, 1.807) is 18.3 Å². The third-order valence-electron chi connectivity index (χ3n) is 3.41. The monoisotopic (exact) mass is 255 g/mol. The highest BCUT2D eigenvalue weighted by Crippen LogP contribution is 2.33. The van der Waals surface area contributed by atoms with Crippen molar-refractivity contribution >= 4 is 17.4 Å². The largest absolute Gasteiger partial charge is 0.337 e. The molecule has 2 aromatic rings. The van der Waals surface area contributed by atoms with Gasteiger partial charge in [-0.3, -0.25) is 14.5 Å². The summed E-state index contributed by atoms with van der Waals surface area (Å²) in [5.74, 6) is -0.169. The lowest BCUT2D eigenvalue weighted by atomic mass is 10.1. The maximum Gasteiger partial charge on any atom is 0.299 e. The van der Waals surface area contributed by atoms with Crippen LogP contribution < -0.4 is 4.90 Å². The zero-order valence-electron chi connectivity index (χ0n) is 10.8. The molecule has 0 spiro atoms. The number of ketones is 1. The number of imidazole rings is 1. The number of Topliss-reactive ketones (excluding diaryl/α,β-unsaturated/α-hetero) is 1. The van der Waals surface area contributed by atoms with E-state index < -0.39 is 11.7 Å². The number of anilines is 1. The Labute approximate surface area is 110 Å². The van der Waals surface area contributed by atoms with Gasteiger partial charge in [-0.2, -0.15) is 0 Å². The molecule has 0 bridgehead atoms. The molecular formula is C14H13N3O2. The summed E-state index contributed by atoms with van der Waals surface area (Å²) in [5, 5.41) is 0. The second kappa shape index (κ2) is 4.05. The fourth-order valence-corrected chi connectivity index (χ4v) is 2.38. The number of amides is 1. The molecule has 19 heavy (non-hydrogen) atoms. The SMILES string of the molecule is Cc1cccc2c1N(Cc1nccn1C)C(=O)C2=O. The Kier molecular flexibility index (Phi) is 2.48. The van der Waals surface area contributed by atoms with Crippen molar-refractivity contribution in [1.29, 1.82) is 0 Å². The van der Waals surface area contributed by atoms with Gasteiger partial charge < -0.3 is 4.57 Å². The molecule has 1 amide bonds. The molecule has 2 heterocycles. The summed E-state index contributed by atoms with van der Waals surface area (Å²) in [5.41, 5.74) is 2.12. The Morgan fingerprint density at radius 3 is 2.74 bits per heavy atom. The van der Waals surface area contributed by atoms with Crippen molar-refractivity contribution in [1.82, 2.24) is 9.55 Å². The zero-order valence-corrected chi connectivity index (χ0v) is 10.8. The molecule has 1 aliphatic rings. The van der Waals surface area contributed by atoms with E-state index in [1.807, 2.05) is 30.8 Å². The third-order valence-corrected chi connectivity index (χ3v) is 3.41. The minimum absolute atomic E-state index is 0.311. The van der Waals surface area contributed by atoms with Gasteiger partial charge >= 0.3 is 0 Å². The normalized spacial score (nSPS) is 14.1. The molecule has 1 aromatic heterocycles. The number of aromatic nitrogens is 2. The van der Waals surface area contributed by atoms with Crippen LogP contribution in [-0.2, 0) is 18.4 Å². The fraction of sp³-hybridized carbons (Fsp3) is 0.214. The van der Waals surface area contributed by atoms with Crippen molar-refractivity contribution in [2.75, 3.05) is 4.90 Å². The van der Waals surface area contributed by atoms with Crippen LogP contribution >= 0.6 is 0 Å². The lowest BCUT2D eigenvalue weighted by Crippen LogP contribution is -2.30. The minimum atomic E-state index is -0.479. The highest BCUT2D eigenvalue weighted by molar-refractivity contribution is 6.52. The molecule has 0 saturated carbocycles. The average Bonchev–Trinajstić information content (AvgIpc) is 2.89. The topological polar surface area (TPSA) is 55.2 Å². The molecule has 0 N–H and O–H groups in total. The molecule has 0 atom stereocenters. The number of carbonyl (C=O) groups excluding carboxylic acids is 2. The van der Waals surface area contributed by atoms with Crippen molar-refractivity contribution < 1.29 is 9.59 Å². The summed E-state index contributed by atoms with van der Waals surface area (Å²) in [7, 11) is 1.86. The molecule has 1 aromatic carbocycles. The van der Waals surface area contributed by atoms with Crippen LogP contribution in [0.1, 0.15) is 21.7 Å². The quantitative estimate of drug-likeness (QED) is 0.763. The Bertz CT molecular complexity index is 688. The van der Waals surface area contributed by atoms with Crippen molar-refractivity contribution in [2.24, 2.45) is 7.05 Å². The van der Waals surface area contributed by atoms with Crippen LogP contribution in [0.25, 0.3) is 0 Å². The summed E-state index contributed by atoms with van der Waals surface area (Å²) in [6.07, 6.45) is 3.49. The molecular weight excluding hydrogens is 242 g/mol. The van der Waals surface area contributed by atoms with Crippen LogP contribution in [-0.4, -0.2) is 21.2 Å². The van der Waals surface area contributed by atoms with E-state index in [0.717, 1.165) is 11.4 Å². The number of rotatable bonds is 2. The van der Waals surface area contributed by atoms with E-state index >= 15 is 0 Å². The second-order valence-electron chi connectivity index (χ2n) is 4.65. The predicted molar refractivity (Wildman–Crippen MR) is 69.9 cm³/mol. The fourth-order valence-electron chi connectivity index (χ4n) is 2.38. The molecule has 5 heteroatoms. The predicted octanol–water partition coefficient (Wildman–Crippen LogP) is 1.46. The van der Waals surface area contributed by atoms with Gasteiger partial charge in [0.15, 0.2) is 0 Å². The van der Waals surface area contributed by atoms with Crippen LogP contribution in [0.5, 0.6) is 0 Å². The number of nitrogens with zero attached hydrogens (tertiary/aromatic N) is 3. The number of carbonyl (C=O) groups is 2. The van der Waals surface area contributed by atoms with Gasteiger partial charge in [0, 0.05) is 19.4 Å². The summed E-state index contributed by atoms with van der Waals surface area (Å²) in [6, 6.07) is 5.39. The number of hydrogen-bond donors (Lipinski definition) is 0. The molecule has 0 saturated heterocycles. The van der Waals surface area contributed by atoms with Crippen LogP contribution in [0.15, 0.2) is 30.6 Å². The molecule has 0 radical (unpaired) electrons. The minimum Gasteiger partial charge on any atom is -0.337 e. The van der Waals surface area contributed by atoms with Crippen molar-refractivity contribution in [3.05, 3.63) is 47.5 Å². The van der Waals surface area contributed by atoms with Gasteiger partial charge in [0.25, 0.3) is 11.7 Å². The molecule has 5 nitrogen and oxygen atoms in total. The Hall–Kier alpha value is -2.43.